The van der Waals surface area contributed by atoms with Crippen molar-refractivity contribution >= 4 is 37.2 Å². The number of rotatable bonds is 6. The second-order valence-corrected chi connectivity index (χ2v) is 4.43. The summed E-state index contributed by atoms with van der Waals surface area (Å²) in [7, 11) is 0. The summed E-state index contributed by atoms with van der Waals surface area (Å²) >= 11 is 7.55. The van der Waals surface area contributed by atoms with Crippen LogP contribution in [0, 0.1) is 5.41 Å². The smallest absolute Gasteiger partial charge is 0.315 e. The Morgan fingerprint density at radius 1 is 1.00 bits per heavy atom. The van der Waals surface area contributed by atoms with Crippen molar-refractivity contribution in [1.29, 1.82) is 0 Å². The standard InChI is InChI=1S/C9H16O4S2/c1-9(2,5-12-7(10)3-14)6-13-8(11)4-15/h14-15H,3-6H2,1-2H3. The highest BCUT2D eigenvalue weighted by Crippen LogP contribution is 2.16. The molecule has 0 aliphatic carbocycles. The molecule has 0 fully saturated rings. The minimum absolute atomic E-state index is 0.0481. The van der Waals surface area contributed by atoms with Gasteiger partial charge in [-0.3, -0.25) is 9.59 Å². The Morgan fingerprint density at radius 2 is 1.33 bits per heavy atom. The van der Waals surface area contributed by atoms with Gasteiger partial charge in [0.15, 0.2) is 0 Å². The summed E-state index contributed by atoms with van der Waals surface area (Å²) in [6.45, 7) is 4.08. The van der Waals surface area contributed by atoms with Gasteiger partial charge in [-0.2, -0.15) is 25.3 Å². The zero-order chi connectivity index (χ0) is 11.9. The van der Waals surface area contributed by atoms with E-state index >= 15 is 0 Å². The molecule has 4 nitrogen and oxygen atoms in total. The molecule has 6 heteroatoms. The Bertz CT molecular complexity index is 206. The quantitative estimate of drug-likeness (QED) is 0.546. The van der Waals surface area contributed by atoms with Crippen molar-refractivity contribution in [2.24, 2.45) is 5.41 Å². The van der Waals surface area contributed by atoms with Crippen molar-refractivity contribution in [3.8, 4) is 0 Å². The van der Waals surface area contributed by atoms with Crippen LogP contribution in [-0.4, -0.2) is 36.7 Å². The van der Waals surface area contributed by atoms with E-state index in [1.807, 2.05) is 13.8 Å². The van der Waals surface area contributed by atoms with Crippen LogP contribution in [-0.2, 0) is 19.1 Å². The molecule has 0 rings (SSSR count). The van der Waals surface area contributed by atoms with E-state index in [1.54, 1.807) is 0 Å². The molecule has 0 saturated heterocycles. The first-order chi connectivity index (χ1) is 6.91. The third-order valence-corrected chi connectivity index (χ3v) is 2.02. The maximum atomic E-state index is 10.8. The average molecular weight is 252 g/mol. The lowest BCUT2D eigenvalue weighted by atomic mass is 9.96. The molecule has 0 radical (unpaired) electrons. The fourth-order valence-corrected chi connectivity index (χ4v) is 0.867. The van der Waals surface area contributed by atoms with Crippen LogP contribution in [0.25, 0.3) is 0 Å². The van der Waals surface area contributed by atoms with Gasteiger partial charge in [-0.25, -0.2) is 0 Å². The number of hydrogen-bond acceptors (Lipinski definition) is 6. The average Bonchev–Trinajstić information content (AvgIpc) is 2.22. The van der Waals surface area contributed by atoms with Crippen molar-refractivity contribution in [2.75, 3.05) is 24.7 Å². The van der Waals surface area contributed by atoms with E-state index in [1.165, 1.54) is 0 Å². The molecule has 0 bridgehead atoms. The SMILES string of the molecule is CC(C)(COC(=O)CS)COC(=O)CS. The van der Waals surface area contributed by atoms with Gasteiger partial charge in [0.2, 0.25) is 0 Å². The number of esters is 2. The van der Waals surface area contributed by atoms with Crippen LogP contribution in [0.5, 0.6) is 0 Å². The highest BCUT2D eigenvalue weighted by Gasteiger charge is 2.22. The van der Waals surface area contributed by atoms with Crippen LogP contribution in [0.15, 0.2) is 0 Å². The maximum Gasteiger partial charge on any atom is 0.315 e. The highest BCUT2D eigenvalue weighted by molar-refractivity contribution is 7.81. The fourth-order valence-electron chi connectivity index (χ4n) is 0.685. The Morgan fingerprint density at radius 3 is 1.60 bits per heavy atom. The lowest BCUT2D eigenvalue weighted by molar-refractivity contribution is -0.149. The molecule has 0 aromatic carbocycles. The molecule has 15 heavy (non-hydrogen) atoms. The lowest BCUT2D eigenvalue weighted by Crippen LogP contribution is -2.29. The summed E-state index contributed by atoms with van der Waals surface area (Å²) < 4.78 is 9.79. The fraction of sp³-hybridized carbons (Fsp3) is 0.778. The van der Waals surface area contributed by atoms with E-state index in [0.717, 1.165) is 0 Å². The third kappa shape index (κ3) is 7.56. The number of carbonyl (C=O) groups excluding carboxylic acids is 2. The van der Waals surface area contributed by atoms with Gasteiger partial charge in [-0.15, -0.1) is 0 Å². The first-order valence-corrected chi connectivity index (χ1v) is 5.71. The van der Waals surface area contributed by atoms with Crippen molar-refractivity contribution in [2.45, 2.75) is 13.8 Å². The normalized spacial score (nSPS) is 10.9. The Labute approximate surface area is 101 Å². The van der Waals surface area contributed by atoms with E-state index in [4.69, 9.17) is 9.47 Å². The highest BCUT2D eigenvalue weighted by atomic mass is 32.1. The largest absolute Gasteiger partial charge is 0.464 e. The molecular formula is C9H16O4S2. The first-order valence-electron chi connectivity index (χ1n) is 4.44. The Hall–Kier alpha value is -0.360. The molecule has 0 saturated carbocycles. The van der Waals surface area contributed by atoms with Gasteiger partial charge in [0.05, 0.1) is 24.7 Å². The molecule has 0 spiro atoms. The summed E-state index contributed by atoms with van der Waals surface area (Å²) in [5.74, 6) is -0.669. The van der Waals surface area contributed by atoms with Gasteiger partial charge in [0, 0.05) is 5.41 Å². The van der Waals surface area contributed by atoms with E-state index in [2.05, 4.69) is 25.3 Å². The van der Waals surface area contributed by atoms with Gasteiger partial charge >= 0.3 is 11.9 Å². The summed E-state index contributed by atoms with van der Waals surface area (Å²) in [6.07, 6.45) is 0. The number of hydrogen-bond donors (Lipinski definition) is 2. The lowest BCUT2D eigenvalue weighted by Gasteiger charge is -2.23. The maximum absolute atomic E-state index is 10.8. The van der Waals surface area contributed by atoms with Gasteiger partial charge in [0.1, 0.15) is 0 Å². The minimum Gasteiger partial charge on any atom is -0.464 e. The van der Waals surface area contributed by atoms with Gasteiger partial charge in [-0.1, -0.05) is 13.8 Å². The van der Waals surface area contributed by atoms with Crippen LogP contribution in [0.3, 0.4) is 0 Å². The van der Waals surface area contributed by atoms with Crippen LogP contribution in [0.4, 0.5) is 0 Å². The van der Waals surface area contributed by atoms with Crippen LogP contribution in [0.2, 0.25) is 0 Å². The first kappa shape index (κ1) is 14.6. The van der Waals surface area contributed by atoms with E-state index in [9.17, 15) is 9.59 Å². The molecular weight excluding hydrogens is 236 g/mol. The van der Waals surface area contributed by atoms with Crippen LogP contribution in [0.1, 0.15) is 13.8 Å². The molecule has 0 heterocycles. The molecule has 88 valence electrons. The zero-order valence-corrected chi connectivity index (χ0v) is 10.6. The van der Waals surface area contributed by atoms with Crippen molar-refractivity contribution in [3.63, 3.8) is 0 Å². The summed E-state index contributed by atoms with van der Waals surface area (Å²) in [4.78, 5) is 21.7. The molecule has 0 unspecified atom stereocenters. The van der Waals surface area contributed by atoms with E-state index in [-0.39, 0.29) is 36.7 Å². The topological polar surface area (TPSA) is 52.6 Å². The minimum atomic E-state index is -0.392. The van der Waals surface area contributed by atoms with Gasteiger partial charge in [0.25, 0.3) is 0 Å². The molecule has 0 aliphatic rings. The van der Waals surface area contributed by atoms with Crippen LogP contribution >= 0.6 is 25.3 Å². The molecule has 0 amide bonds. The summed E-state index contributed by atoms with van der Waals surface area (Å²) in [6, 6.07) is 0. The molecule has 0 N–H and O–H groups in total. The van der Waals surface area contributed by atoms with E-state index in [0.29, 0.717) is 0 Å². The van der Waals surface area contributed by atoms with Crippen molar-refractivity contribution < 1.29 is 19.1 Å². The zero-order valence-electron chi connectivity index (χ0n) is 8.86. The Kier molecular flexibility index (Phi) is 6.84. The second kappa shape index (κ2) is 7.00. The second-order valence-electron chi connectivity index (χ2n) is 3.80. The van der Waals surface area contributed by atoms with Crippen molar-refractivity contribution in [1.82, 2.24) is 0 Å². The predicted molar refractivity (Wildman–Crippen MR) is 63.4 cm³/mol. The summed E-state index contributed by atoms with van der Waals surface area (Å²) in [5.41, 5.74) is -0.392. The van der Waals surface area contributed by atoms with Crippen LogP contribution < -0.4 is 0 Å². The molecule has 0 atom stereocenters. The summed E-state index contributed by atoms with van der Waals surface area (Å²) in [5, 5.41) is 0. The monoisotopic (exact) mass is 252 g/mol. The number of carbonyl (C=O) groups is 2. The molecule has 0 aliphatic heterocycles. The number of ether oxygens (including phenoxy) is 2. The predicted octanol–water partition coefficient (Wildman–Crippen LogP) is 0.959. The van der Waals surface area contributed by atoms with Crippen molar-refractivity contribution in [3.05, 3.63) is 0 Å². The Balaban J connectivity index is 3.86. The van der Waals surface area contributed by atoms with E-state index < -0.39 is 5.41 Å². The molecule has 0 aromatic rings. The molecule has 0 aromatic heterocycles. The van der Waals surface area contributed by atoms with Gasteiger partial charge in [-0.05, 0) is 0 Å². The number of thiol groups is 2. The van der Waals surface area contributed by atoms with Gasteiger partial charge < -0.3 is 9.47 Å². The third-order valence-electron chi connectivity index (χ3n) is 1.51.